The molecule has 0 aromatic heterocycles. The van der Waals surface area contributed by atoms with Crippen LogP contribution >= 0.6 is 23.5 Å². The Kier molecular flexibility index (Phi) is 21.0. The number of carbonyl (C=O) groups excluding carboxylic acids is 6. The van der Waals surface area contributed by atoms with Crippen molar-refractivity contribution >= 4 is 87.1 Å². The Bertz CT molecular complexity index is 4230. The number of hydrogen-bond donors (Lipinski definition) is 0. The van der Waals surface area contributed by atoms with Crippen LogP contribution in [0.25, 0.3) is 11.1 Å². The first kappa shape index (κ1) is 63.7. The molecule has 0 atom stereocenters. The van der Waals surface area contributed by atoms with Gasteiger partial charge in [-0.25, -0.2) is 9.59 Å². The van der Waals surface area contributed by atoms with Crippen molar-refractivity contribution in [2.24, 2.45) is 10.3 Å². The summed E-state index contributed by atoms with van der Waals surface area (Å²) in [7, 11) is 0. The molecular formula is C70H55N5O13S2. The molecular weight excluding hydrogens is 1180 g/mol. The molecule has 1 aliphatic rings. The van der Waals surface area contributed by atoms with Gasteiger partial charge in [-0.15, -0.1) is 0 Å². The molecule has 90 heavy (non-hydrogen) atoms. The van der Waals surface area contributed by atoms with Gasteiger partial charge in [0.15, 0.2) is 23.0 Å². The molecule has 1 saturated heterocycles. The highest BCUT2D eigenvalue weighted by atomic mass is 32.2. The molecule has 9 aromatic carbocycles. The Balaban J connectivity index is 0.000000213. The van der Waals surface area contributed by atoms with Crippen LogP contribution in [0, 0.1) is 34.1 Å². The Morgan fingerprint density at radius 1 is 0.433 bits per heavy atom. The number of ketones is 4. The van der Waals surface area contributed by atoms with Crippen LogP contribution in [0.5, 0.6) is 0 Å². The van der Waals surface area contributed by atoms with E-state index in [1.54, 1.807) is 72.8 Å². The first-order chi connectivity index (χ1) is 43.4. The van der Waals surface area contributed by atoms with E-state index in [1.807, 2.05) is 103 Å². The number of Topliss-reactive ketones (excluding diaryl/α,β-unsaturated/α-hetero) is 2. The molecule has 0 N–H and O–H groups in total. The minimum Gasteiger partial charge on any atom is -0.378 e. The number of carbonyl (C=O) groups is 6. The summed E-state index contributed by atoms with van der Waals surface area (Å²) in [6, 6.07) is 61.8. The Labute approximate surface area is 525 Å². The molecule has 450 valence electrons. The van der Waals surface area contributed by atoms with Crippen molar-refractivity contribution in [1.29, 1.82) is 0 Å². The fourth-order valence-electron chi connectivity index (χ4n) is 9.47. The number of hydrogen-bond acceptors (Lipinski definition) is 18. The SMILES string of the molecule is CC(=O)O/N=C(/C(=O)c1ccc(Sc2ccc(C(=O)c3ccc(-c4ccccc4)cc3)cc2)cc1)c1cccc([N+](=O)[O-])c1C.CC(=O)O/N=C(/C(=O)c1ccc(Sc2ccc(C(=O)c3ccc(N4CCOCC4)cc3)cc2)cc1)c1cccc([N+](=O)[O-])c1C. The molecule has 0 spiro atoms. The van der Waals surface area contributed by atoms with Crippen molar-refractivity contribution in [3.8, 4) is 11.1 Å². The van der Waals surface area contributed by atoms with E-state index in [-0.39, 0.29) is 67.7 Å². The van der Waals surface area contributed by atoms with E-state index in [2.05, 4.69) is 15.2 Å². The topological polar surface area (TPSA) is 244 Å². The molecule has 0 amide bonds. The van der Waals surface area contributed by atoms with Crippen molar-refractivity contribution in [3.63, 3.8) is 0 Å². The van der Waals surface area contributed by atoms with Crippen molar-refractivity contribution < 1.29 is 53.0 Å². The predicted octanol–water partition coefficient (Wildman–Crippen LogP) is 14.4. The molecule has 0 saturated carbocycles. The van der Waals surface area contributed by atoms with Crippen LogP contribution in [0.4, 0.5) is 17.1 Å². The number of ether oxygens (including phenoxy) is 1. The Morgan fingerprint density at radius 2 is 0.767 bits per heavy atom. The molecule has 0 unspecified atom stereocenters. The maximum atomic E-state index is 13.4. The smallest absolute Gasteiger partial charge is 0.332 e. The number of nitro benzene ring substituents is 2. The Morgan fingerprint density at radius 3 is 1.12 bits per heavy atom. The standard InChI is InChI=1S/C36H26N2O6S.C34H29N3O7S/c1-23-32(9-6-10-33(23)38(42)43)34(37-44-24(2)39)36(41)29-17-21-31(22-18-29)45-30-19-15-28(16-20-30)35(40)27-13-11-26(12-14-27)25-7-4-3-5-8-25;1-22-30(4-3-5-31(22)37(41)42)32(35-44-23(2)38)34(40)26-10-16-29(17-11-26)45-28-14-8-25(9-15-28)33(39)24-6-12-27(13-7-24)36-18-20-43-21-19-36/h3-22H,1-2H3;3-17H,18-21H2,1-2H3/b37-34+;35-32+. The van der Waals surface area contributed by atoms with Gasteiger partial charge in [0.05, 0.1) is 23.1 Å². The van der Waals surface area contributed by atoms with E-state index in [1.165, 1.54) is 73.8 Å². The lowest BCUT2D eigenvalue weighted by molar-refractivity contribution is -0.385. The monoisotopic (exact) mass is 1240 g/mol. The third-order valence-corrected chi connectivity index (χ3v) is 16.2. The third kappa shape index (κ3) is 16.0. The van der Waals surface area contributed by atoms with Crippen LogP contribution in [0.3, 0.4) is 0 Å². The summed E-state index contributed by atoms with van der Waals surface area (Å²) in [5.41, 5.74) is 6.11. The summed E-state index contributed by atoms with van der Waals surface area (Å²) in [6.07, 6.45) is 0. The van der Waals surface area contributed by atoms with Crippen LogP contribution < -0.4 is 4.90 Å². The normalized spacial score (nSPS) is 12.2. The lowest BCUT2D eigenvalue weighted by atomic mass is 9.96. The van der Waals surface area contributed by atoms with Crippen molar-refractivity contribution in [2.45, 2.75) is 47.3 Å². The van der Waals surface area contributed by atoms with Gasteiger partial charge in [0, 0.05) is 120 Å². The van der Waals surface area contributed by atoms with Crippen LogP contribution in [0.15, 0.2) is 242 Å². The van der Waals surface area contributed by atoms with Crippen LogP contribution in [0.2, 0.25) is 0 Å². The molecule has 9 aromatic rings. The van der Waals surface area contributed by atoms with E-state index in [0.29, 0.717) is 35.5 Å². The highest BCUT2D eigenvalue weighted by molar-refractivity contribution is 7.99. The minimum absolute atomic E-state index is 0.0619. The van der Waals surface area contributed by atoms with E-state index in [0.717, 1.165) is 63.3 Å². The van der Waals surface area contributed by atoms with Crippen LogP contribution in [-0.4, -0.2) is 82.6 Å². The zero-order valence-corrected chi connectivity index (χ0v) is 50.5. The molecule has 0 radical (unpaired) electrons. The van der Waals surface area contributed by atoms with Gasteiger partial charge < -0.3 is 19.3 Å². The van der Waals surface area contributed by atoms with Gasteiger partial charge in [0.1, 0.15) is 0 Å². The molecule has 1 heterocycles. The van der Waals surface area contributed by atoms with Crippen molar-refractivity contribution in [2.75, 3.05) is 31.2 Å². The van der Waals surface area contributed by atoms with E-state index in [9.17, 15) is 49.0 Å². The summed E-state index contributed by atoms with van der Waals surface area (Å²) >= 11 is 2.91. The Hall–Kier alpha value is -10.8. The number of anilines is 1. The van der Waals surface area contributed by atoms with E-state index in [4.69, 9.17) is 14.4 Å². The van der Waals surface area contributed by atoms with Crippen LogP contribution in [0.1, 0.15) is 88.7 Å². The fourth-order valence-corrected chi connectivity index (χ4v) is 11.1. The average Bonchev–Trinajstić information content (AvgIpc) is 0.975. The van der Waals surface area contributed by atoms with Crippen molar-refractivity contribution in [1.82, 2.24) is 0 Å². The second-order valence-electron chi connectivity index (χ2n) is 20.2. The maximum absolute atomic E-state index is 13.4. The third-order valence-electron chi connectivity index (χ3n) is 14.2. The molecule has 20 heteroatoms. The second-order valence-corrected chi connectivity index (χ2v) is 22.5. The maximum Gasteiger partial charge on any atom is 0.332 e. The zero-order chi connectivity index (χ0) is 63.8. The number of morpholine rings is 1. The predicted molar refractivity (Wildman–Crippen MR) is 343 cm³/mol. The number of benzene rings is 9. The van der Waals surface area contributed by atoms with Gasteiger partial charge >= 0.3 is 11.9 Å². The highest BCUT2D eigenvalue weighted by Crippen LogP contribution is 2.32. The molecule has 10 rings (SSSR count). The summed E-state index contributed by atoms with van der Waals surface area (Å²) in [4.78, 5) is 113. The lowest BCUT2D eigenvalue weighted by Crippen LogP contribution is -2.36. The number of nitro groups is 2. The minimum atomic E-state index is -0.733. The van der Waals surface area contributed by atoms with Gasteiger partial charge in [-0.3, -0.25) is 39.4 Å². The molecule has 0 bridgehead atoms. The quantitative estimate of drug-likeness (QED) is 0.0226. The van der Waals surface area contributed by atoms with Gasteiger partial charge in [-0.1, -0.05) is 113 Å². The largest absolute Gasteiger partial charge is 0.378 e. The van der Waals surface area contributed by atoms with Gasteiger partial charge in [0.2, 0.25) is 11.6 Å². The fraction of sp³-hybridized carbons (Fsp3) is 0.114. The highest BCUT2D eigenvalue weighted by Gasteiger charge is 2.26. The molecule has 0 aliphatic carbocycles. The first-order valence-corrected chi connectivity index (χ1v) is 29.6. The van der Waals surface area contributed by atoms with E-state index >= 15 is 0 Å². The van der Waals surface area contributed by atoms with Crippen molar-refractivity contribution in [3.05, 3.63) is 288 Å². The van der Waals surface area contributed by atoms with Gasteiger partial charge in [-0.05, 0) is 146 Å². The molecule has 1 aliphatic heterocycles. The van der Waals surface area contributed by atoms with Crippen LogP contribution in [-0.2, 0) is 24.0 Å². The number of oxime groups is 2. The summed E-state index contributed by atoms with van der Waals surface area (Å²) in [6.45, 7) is 8.35. The number of rotatable bonds is 20. The summed E-state index contributed by atoms with van der Waals surface area (Å²) < 4.78 is 5.41. The first-order valence-electron chi connectivity index (χ1n) is 27.9. The molecule has 1 fully saturated rings. The second kappa shape index (κ2) is 29.7. The van der Waals surface area contributed by atoms with E-state index < -0.39 is 33.4 Å². The zero-order valence-electron chi connectivity index (χ0n) is 48.9. The summed E-state index contributed by atoms with van der Waals surface area (Å²) in [5, 5.41) is 30.4. The average molecular weight is 1240 g/mol. The summed E-state index contributed by atoms with van der Waals surface area (Å²) in [5.74, 6) is -2.71. The molecule has 18 nitrogen and oxygen atoms in total. The number of nitrogens with zero attached hydrogens (tertiary/aromatic N) is 5. The van der Waals surface area contributed by atoms with Gasteiger partial charge in [0.25, 0.3) is 11.4 Å². The van der Waals surface area contributed by atoms with Gasteiger partial charge in [-0.2, -0.15) is 0 Å². The lowest BCUT2D eigenvalue weighted by Gasteiger charge is -2.28.